The number of carbonyl (C=O) groups is 2. The summed E-state index contributed by atoms with van der Waals surface area (Å²) in [5, 5.41) is 18.9. The number of hydrogen-bond donors (Lipinski definition) is 2. The molecule has 0 aliphatic rings. The molecule has 0 aliphatic carbocycles. The van der Waals surface area contributed by atoms with Crippen LogP contribution in [0.4, 0.5) is 0 Å². The van der Waals surface area contributed by atoms with Gasteiger partial charge in [-0.25, -0.2) is 14.6 Å². The largest absolute Gasteiger partial charge is 0.478 e. The maximum atomic E-state index is 11.7. The molecule has 0 radical (unpaired) electrons. The highest BCUT2D eigenvalue weighted by Crippen LogP contribution is 2.28. The molecule has 4 aromatic heterocycles. The van der Waals surface area contributed by atoms with Gasteiger partial charge in [0.1, 0.15) is 0 Å². The van der Waals surface area contributed by atoms with E-state index in [1.165, 1.54) is 34.7 Å². The molecule has 9 heteroatoms. The third-order valence-corrected chi connectivity index (χ3v) is 7.00. The lowest BCUT2D eigenvalue weighted by atomic mass is 10.1. The minimum atomic E-state index is -1.15. The fraction of sp³-hybridized carbons (Fsp3) is 0.0800. The number of thiophene rings is 1. The lowest BCUT2D eigenvalue weighted by Crippen LogP contribution is -2.02. The second-order valence-electron chi connectivity index (χ2n) is 7.13. The van der Waals surface area contributed by atoms with Gasteiger partial charge in [-0.1, -0.05) is 11.8 Å². The molecule has 2 N–H and O–H groups in total. The van der Waals surface area contributed by atoms with Crippen LogP contribution in [-0.2, 0) is 0 Å². The fourth-order valence-corrected chi connectivity index (χ4v) is 4.71. The number of aromatic nitrogens is 3. The van der Waals surface area contributed by atoms with Gasteiger partial charge in [0.2, 0.25) is 0 Å². The minimum Gasteiger partial charge on any atom is -0.478 e. The number of hydrogen-bond acceptors (Lipinski definition) is 7. The Bertz CT molecular complexity index is 1490. The quantitative estimate of drug-likeness (QED) is 0.295. The molecule has 0 amide bonds. The molecule has 34 heavy (non-hydrogen) atoms. The molecule has 4 rings (SSSR count). The van der Waals surface area contributed by atoms with E-state index in [2.05, 4.69) is 32.9 Å². The van der Waals surface area contributed by atoms with Crippen LogP contribution in [0.15, 0.2) is 59.1 Å². The first-order chi connectivity index (χ1) is 16.3. The first kappa shape index (κ1) is 23.2. The summed E-state index contributed by atoms with van der Waals surface area (Å²) in [5.74, 6) is 4.08. The molecule has 0 spiro atoms. The van der Waals surface area contributed by atoms with Gasteiger partial charge in [0, 0.05) is 18.0 Å². The van der Waals surface area contributed by atoms with Gasteiger partial charge in [0.05, 0.1) is 43.0 Å². The molecule has 0 aliphatic heterocycles. The van der Waals surface area contributed by atoms with E-state index in [4.69, 9.17) is 0 Å². The highest BCUT2D eigenvalue weighted by atomic mass is 32.2. The van der Waals surface area contributed by atoms with Crippen LogP contribution in [0.3, 0.4) is 0 Å². The monoisotopic (exact) mass is 487 g/mol. The van der Waals surface area contributed by atoms with E-state index in [0.29, 0.717) is 17.0 Å². The average molecular weight is 488 g/mol. The normalized spacial score (nSPS) is 10.4. The van der Waals surface area contributed by atoms with E-state index in [9.17, 15) is 19.8 Å². The molecular weight excluding hydrogens is 470 g/mol. The Morgan fingerprint density at radius 3 is 2.09 bits per heavy atom. The van der Waals surface area contributed by atoms with Crippen LogP contribution in [0.2, 0.25) is 0 Å². The molecular formula is C25H17N3O4S2. The van der Waals surface area contributed by atoms with Gasteiger partial charge in [-0.15, -0.1) is 23.1 Å². The SMILES string of the molecule is CSc1cc(C)c(C#Cc2ccnc(-c3cc(C(=O)O)cc(-c4cc(C(=O)O)ccn4)n3)c2)s1. The van der Waals surface area contributed by atoms with Gasteiger partial charge in [-0.3, -0.25) is 9.97 Å². The van der Waals surface area contributed by atoms with Crippen LogP contribution in [0, 0.1) is 18.8 Å². The van der Waals surface area contributed by atoms with E-state index in [1.807, 2.05) is 13.2 Å². The van der Waals surface area contributed by atoms with Crippen LogP contribution in [0.25, 0.3) is 22.8 Å². The van der Waals surface area contributed by atoms with Crippen molar-refractivity contribution in [1.29, 1.82) is 0 Å². The van der Waals surface area contributed by atoms with E-state index in [0.717, 1.165) is 10.4 Å². The van der Waals surface area contributed by atoms with E-state index in [-0.39, 0.29) is 22.5 Å². The van der Waals surface area contributed by atoms with E-state index < -0.39 is 11.9 Å². The number of aromatic carboxylic acids is 2. The molecule has 0 atom stereocenters. The van der Waals surface area contributed by atoms with Crippen molar-refractivity contribution >= 4 is 35.0 Å². The zero-order valence-corrected chi connectivity index (χ0v) is 19.7. The van der Waals surface area contributed by atoms with Crippen LogP contribution in [0.1, 0.15) is 36.7 Å². The molecule has 4 heterocycles. The summed E-state index contributed by atoms with van der Waals surface area (Å²) in [6, 6.07) is 11.1. The lowest BCUT2D eigenvalue weighted by molar-refractivity contribution is 0.0686. The molecule has 7 nitrogen and oxygen atoms in total. The Morgan fingerprint density at radius 1 is 0.853 bits per heavy atom. The molecule has 4 aromatic rings. The fourth-order valence-electron chi connectivity index (χ4n) is 3.07. The molecule has 0 aromatic carbocycles. The van der Waals surface area contributed by atoms with Gasteiger partial charge in [0.25, 0.3) is 0 Å². The molecule has 0 fully saturated rings. The van der Waals surface area contributed by atoms with E-state index in [1.54, 1.807) is 41.4 Å². The predicted octanol–water partition coefficient (Wildman–Crippen LogP) is 5.09. The second kappa shape index (κ2) is 9.87. The molecule has 0 saturated heterocycles. The zero-order chi connectivity index (χ0) is 24.2. The second-order valence-corrected chi connectivity index (χ2v) is 9.29. The zero-order valence-electron chi connectivity index (χ0n) is 18.1. The van der Waals surface area contributed by atoms with Gasteiger partial charge in [-0.05, 0) is 61.2 Å². The summed E-state index contributed by atoms with van der Waals surface area (Å²) in [6.45, 7) is 2.02. The van der Waals surface area contributed by atoms with Crippen molar-refractivity contribution in [3.8, 4) is 34.6 Å². The van der Waals surface area contributed by atoms with Gasteiger partial charge in [0.15, 0.2) is 0 Å². The molecule has 0 saturated carbocycles. The Kier molecular flexibility index (Phi) is 6.72. The summed E-state index contributed by atoms with van der Waals surface area (Å²) >= 11 is 3.31. The Morgan fingerprint density at radius 2 is 1.47 bits per heavy atom. The van der Waals surface area contributed by atoms with Crippen LogP contribution in [-0.4, -0.2) is 43.4 Å². The number of pyridine rings is 3. The number of rotatable bonds is 5. The van der Waals surface area contributed by atoms with Crippen molar-refractivity contribution in [1.82, 2.24) is 15.0 Å². The Hall–Kier alpha value is -4.00. The summed E-state index contributed by atoms with van der Waals surface area (Å²) < 4.78 is 1.19. The smallest absolute Gasteiger partial charge is 0.335 e. The first-order valence-electron chi connectivity index (χ1n) is 9.92. The predicted molar refractivity (Wildman–Crippen MR) is 131 cm³/mol. The Balaban J connectivity index is 1.76. The van der Waals surface area contributed by atoms with Crippen molar-refractivity contribution < 1.29 is 19.8 Å². The van der Waals surface area contributed by atoms with Crippen molar-refractivity contribution in [3.05, 3.63) is 82.0 Å². The number of thioether (sulfide) groups is 1. The maximum Gasteiger partial charge on any atom is 0.335 e. The number of carboxylic acids is 2. The molecule has 168 valence electrons. The van der Waals surface area contributed by atoms with Gasteiger partial charge >= 0.3 is 11.9 Å². The standard InChI is InChI=1S/C25H17N3O4S2/c1-14-9-23(33-2)34-22(14)4-3-15-5-7-26-18(10-15)20-12-17(25(31)32)13-21(28-20)19-11-16(24(29)30)6-8-27-19/h5-13H,1-2H3,(H,29,30)(H,31,32). The van der Waals surface area contributed by atoms with Crippen molar-refractivity contribution in [2.24, 2.45) is 0 Å². The lowest BCUT2D eigenvalue weighted by Gasteiger charge is -2.07. The summed E-state index contributed by atoms with van der Waals surface area (Å²) in [4.78, 5) is 37.1. The minimum absolute atomic E-state index is 0.0142. The summed E-state index contributed by atoms with van der Waals surface area (Å²) in [5.41, 5.74) is 3.08. The number of nitrogens with zero attached hydrogens (tertiary/aromatic N) is 3. The van der Waals surface area contributed by atoms with Crippen molar-refractivity contribution in [2.75, 3.05) is 6.26 Å². The van der Waals surface area contributed by atoms with Gasteiger partial charge in [-0.2, -0.15) is 0 Å². The third kappa shape index (κ3) is 5.14. The summed E-state index contributed by atoms with van der Waals surface area (Å²) in [6.07, 6.45) is 4.96. The van der Waals surface area contributed by atoms with Crippen LogP contribution < -0.4 is 0 Å². The maximum absolute atomic E-state index is 11.7. The first-order valence-corrected chi connectivity index (χ1v) is 12.0. The molecule has 0 unspecified atom stereocenters. The highest BCUT2D eigenvalue weighted by Gasteiger charge is 2.14. The van der Waals surface area contributed by atoms with Crippen LogP contribution in [0.5, 0.6) is 0 Å². The van der Waals surface area contributed by atoms with Crippen LogP contribution >= 0.6 is 23.1 Å². The molecule has 0 bridgehead atoms. The average Bonchev–Trinajstić information content (AvgIpc) is 3.22. The topological polar surface area (TPSA) is 113 Å². The van der Waals surface area contributed by atoms with E-state index >= 15 is 0 Å². The van der Waals surface area contributed by atoms with Gasteiger partial charge < -0.3 is 10.2 Å². The number of aryl methyl sites for hydroxylation is 1. The van der Waals surface area contributed by atoms with Crippen molar-refractivity contribution in [2.45, 2.75) is 11.1 Å². The Labute approximate surface area is 203 Å². The highest BCUT2D eigenvalue weighted by molar-refractivity contribution is 8.00. The number of carboxylic acid groups (broad SMARTS) is 2. The van der Waals surface area contributed by atoms with Crippen molar-refractivity contribution in [3.63, 3.8) is 0 Å². The summed E-state index contributed by atoms with van der Waals surface area (Å²) in [7, 11) is 0. The third-order valence-electron chi connectivity index (χ3n) is 4.78.